The number of nitrogens with zero attached hydrogens (tertiary/aromatic N) is 6. The lowest BCUT2D eigenvalue weighted by atomic mass is 10.1. The smallest absolute Gasteiger partial charge is 0.270 e. The number of rotatable bonds is 6. The molecule has 1 saturated carbocycles. The lowest BCUT2D eigenvalue weighted by molar-refractivity contribution is 0.0815. The molecule has 1 aliphatic heterocycles. The molecule has 2 N–H and O–H groups in total. The van der Waals surface area contributed by atoms with Crippen molar-refractivity contribution in [2.45, 2.75) is 31.7 Å². The summed E-state index contributed by atoms with van der Waals surface area (Å²) in [7, 11) is 5.59. The Kier molecular flexibility index (Phi) is 7.25. The van der Waals surface area contributed by atoms with Gasteiger partial charge in [0, 0.05) is 74.9 Å². The molecule has 4 aromatic heterocycles. The number of benzene rings is 1. The van der Waals surface area contributed by atoms with Gasteiger partial charge in [-0.3, -0.25) is 9.59 Å². The number of carbonyl (C=O) groups is 1. The number of hydrogen-bond acceptors (Lipinski definition) is 10. The highest BCUT2D eigenvalue weighted by Gasteiger charge is 2.27. The van der Waals surface area contributed by atoms with Gasteiger partial charge in [-0.15, -0.1) is 11.3 Å². The van der Waals surface area contributed by atoms with Crippen molar-refractivity contribution in [3.8, 4) is 16.9 Å². The van der Waals surface area contributed by atoms with E-state index in [-0.39, 0.29) is 23.1 Å². The fourth-order valence-electron chi connectivity index (χ4n) is 6.23. The van der Waals surface area contributed by atoms with Crippen LogP contribution in [0, 0.1) is 0 Å². The molecule has 1 aromatic carbocycles. The van der Waals surface area contributed by atoms with Crippen molar-refractivity contribution in [2.24, 2.45) is 0 Å². The molecule has 0 unspecified atom stereocenters. The number of aromatic hydroxyl groups is 1. The van der Waals surface area contributed by atoms with Crippen molar-refractivity contribution in [3.05, 3.63) is 57.8 Å². The molecule has 0 atom stereocenters. The molecule has 12 heteroatoms. The summed E-state index contributed by atoms with van der Waals surface area (Å²) in [5.41, 5.74) is 3.70. The Bertz CT molecular complexity index is 1930. The van der Waals surface area contributed by atoms with Gasteiger partial charge in [-0.1, -0.05) is 18.9 Å². The largest absolute Gasteiger partial charge is 0.506 e. The number of nitrogens with one attached hydrogen (secondary N) is 1. The van der Waals surface area contributed by atoms with Gasteiger partial charge < -0.3 is 34.1 Å². The van der Waals surface area contributed by atoms with E-state index in [2.05, 4.69) is 31.7 Å². The predicted octanol–water partition coefficient (Wildman–Crippen LogP) is 5.28. The molecule has 1 amide bonds. The number of phenolic OH excluding ortho intramolecular Hbond substituents is 1. The maximum atomic E-state index is 13.0. The van der Waals surface area contributed by atoms with Crippen LogP contribution in [0.25, 0.3) is 32.4 Å². The topological polar surface area (TPSA) is 120 Å². The third-order valence-corrected chi connectivity index (χ3v) is 9.67. The van der Waals surface area contributed by atoms with Gasteiger partial charge in [0.1, 0.15) is 21.8 Å². The molecule has 0 spiro atoms. The van der Waals surface area contributed by atoms with E-state index < -0.39 is 0 Å². The van der Waals surface area contributed by atoms with Gasteiger partial charge in [0.2, 0.25) is 11.4 Å². The normalized spacial score (nSPS) is 16.3. The molecule has 5 heterocycles. The van der Waals surface area contributed by atoms with Crippen LogP contribution in [0.4, 0.5) is 17.5 Å². The number of carbonyl (C=O) groups excluding carboxylic acids is 1. The number of amides is 1. The minimum atomic E-state index is -0.0655. The standard InChI is InChI=1S/C32H35N7O4S/c1-36(2)31(42)24-14-20-17-33-32(35-30(20)39(24)21-6-4-5-7-21)34-23-9-8-19(15-25(23)40)22-18-44-29-26(41)16-27(43-28(22)29)38-12-10-37(3)11-13-38/h8-9,14-18,21,40H,4-7,10-13H2,1-3H3,(H,33,34,35). The van der Waals surface area contributed by atoms with Crippen molar-refractivity contribution in [1.29, 1.82) is 0 Å². The van der Waals surface area contributed by atoms with Crippen LogP contribution in [0.2, 0.25) is 0 Å². The van der Waals surface area contributed by atoms with E-state index in [1.165, 1.54) is 11.3 Å². The predicted molar refractivity (Wildman–Crippen MR) is 174 cm³/mol. The Hall–Kier alpha value is -4.42. The van der Waals surface area contributed by atoms with Crippen LogP contribution < -0.4 is 15.6 Å². The van der Waals surface area contributed by atoms with E-state index in [1.807, 2.05) is 17.5 Å². The fraction of sp³-hybridized carbons (Fsp3) is 0.375. The van der Waals surface area contributed by atoms with Crippen LogP contribution >= 0.6 is 11.3 Å². The first-order valence-corrected chi connectivity index (χ1v) is 15.8. The van der Waals surface area contributed by atoms with E-state index >= 15 is 0 Å². The second-order valence-corrected chi connectivity index (χ2v) is 12.8. The fourth-order valence-corrected chi connectivity index (χ4v) is 7.14. The maximum absolute atomic E-state index is 13.0. The van der Waals surface area contributed by atoms with Crippen molar-refractivity contribution < 1.29 is 14.3 Å². The van der Waals surface area contributed by atoms with Crippen LogP contribution in [0.3, 0.4) is 0 Å². The van der Waals surface area contributed by atoms with E-state index in [1.54, 1.807) is 43.4 Å². The molecule has 1 aliphatic carbocycles. The average Bonchev–Trinajstić information content (AvgIpc) is 3.77. The summed E-state index contributed by atoms with van der Waals surface area (Å²) in [6.45, 7) is 3.38. The second-order valence-electron chi connectivity index (χ2n) is 11.9. The number of fused-ring (bicyclic) bond motifs is 2. The van der Waals surface area contributed by atoms with Crippen LogP contribution in [0.1, 0.15) is 42.2 Å². The van der Waals surface area contributed by atoms with Crippen LogP contribution in [-0.4, -0.2) is 82.7 Å². The summed E-state index contributed by atoms with van der Waals surface area (Å²) in [4.78, 5) is 41.2. The van der Waals surface area contributed by atoms with Crippen molar-refractivity contribution >= 4 is 56.1 Å². The Morgan fingerprint density at radius 1 is 1.11 bits per heavy atom. The van der Waals surface area contributed by atoms with E-state index in [4.69, 9.17) is 9.40 Å². The zero-order valence-corrected chi connectivity index (χ0v) is 25.9. The number of piperazine rings is 1. The van der Waals surface area contributed by atoms with Crippen molar-refractivity contribution in [2.75, 3.05) is 57.5 Å². The number of thiophene rings is 1. The minimum Gasteiger partial charge on any atom is -0.506 e. The van der Waals surface area contributed by atoms with Gasteiger partial charge in [0.25, 0.3) is 5.91 Å². The summed E-state index contributed by atoms with van der Waals surface area (Å²) in [6, 6.07) is 8.95. The Morgan fingerprint density at radius 2 is 1.89 bits per heavy atom. The molecule has 7 rings (SSSR count). The number of hydrogen-bond donors (Lipinski definition) is 2. The van der Waals surface area contributed by atoms with E-state index in [9.17, 15) is 14.7 Å². The lowest BCUT2D eigenvalue weighted by Gasteiger charge is -2.32. The Labute approximate surface area is 258 Å². The number of anilines is 3. The van der Waals surface area contributed by atoms with E-state index in [0.717, 1.165) is 68.4 Å². The first-order chi connectivity index (χ1) is 21.3. The van der Waals surface area contributed by atoms with Crippen molar-refractivity contribution in [1.82, 2.24) is 24.3 Å². The molecular formula is C32H35N7O4S. The molecule has 228 valence electrons. The van der Waals surface area contributed by atoms with E-state index in [0.29, 0.717) is 39.1 Å². The molecule has 2 fully saturated rings. The summed E-state index contributed by atoms with van der Waals surface area (Å²) < 4.78 is 8.92. The van der Waals surface area contributed by atoms with Gasteiger partial charge in [0.15, 0.2) is 11.5 Å². The molecule has 2 aliphatic rings. The molecule has 5 aromatic rings. The first kappa shape index (κ1) is 28.4. The zero-order valence-electron chi connectivity index (χ0n) is 25.0. The number of phenols is 1. The molecule has 1 saturated heterocycles. The third-order valence-electron chi connectivity index (χ3n) is 8.69. The van der Waals surface area contributed by atoms with Crippen LogP contribution in [0.15, 0.2) is 51.1 Å². The number of likely N-dealkylation sites (N-methyl/N-ethyl adjacent to an activating group) is 1. The third kappa shape index (κ3) is 5.07. The van der Waals surface area contributed by atoms with Crippen LogP contribution in [0.5, 0.6) is 5.75 Å². The highest BCUT2D eigenvalue weighted by atomic mass is 32.1. The zero-order chi connectivity index (χ0) is 30.5. The van der Waals surface area contributed by atoms with Gasteiger partial charge >= 0.3 is 0 Å². The quantitative estimate of drug-likeness (QED) is 0.246. The summed E-state index contributed by atoms with van der Waals surface area (Å²) >= 11 is 1.34. The van der Waals surface area contributed by atoms with Gasteiger partial charge in [-0.25, -0.2) is 4.98 Å². The summed E-state index contributed by atoms with van der Waals surface area (Å²) in [5, 5.41) is 16.9. The molecule has 44 heavy (non-hydrogen) atoms. The van der Waals surface area contributed by atoms with Gasteiger partial charge in [-0.05, 0) is 43.7 Å². The summed E-state index contributed by atoms with van der Waals surface area (Å²) in [5.74, 6) is 0.844. The van der Waals surface area contributed by atoms with Crippen LogP contribution in [-0.2, 0) is 0 Å². The monoisotopic (exact) mass is 613 g/mol. The highest BCUT2D eigenvalue weighted by molar-refractivity contribution is 7.17. The molecule has 0 radical (unpaired) electrons. The minimum absolute atomic E-state index is 0.0118. The molecular weight excluding hydrogens is 578 g/mol. The van der Waals surface area contributed by atoms with Gasteiger partial charge in [-0.2, -0.15) is 4.98 Å². The maximum Gasteiger partial charge on any atom is 0.270 e. The van der Waals surface area contributed by atoms with Crippen molar-refractivity contribution in [3.63, 3.8) is 0 Å². The second kappa shape index (κ2) is 11.3. The molecule has 11 nitrogen and oxygen atoms in total. The lowest BCUT2D eigenvalue weighted by Crippen LogP contribution is -2.44. The molecule has 0 bridgehead atoms. The Balaban J connectivity index is 1.20. The van der Waals surface area contributed by atoms with Gasteiger partial charge in [0.05, 0.1) is 5.69 Å². The summed E-state index contributed by atoms with van der Waals surface area (Å²) in [6.07, 6.45) is 5.96. The number of aromatic nitrogens is 3. The Morgan fingerprint density at radius 3 is 2.61 bits per heavy atom. The average molecular weight is 614 g/mol. The highest BCUT2D eigenvalue weighted by Crippen LogP contribution is 2.39. The SMILES string of the molecule is CN1CCN(c2cc(=O)c3scc(-c4ccc(Nc5ncc6cc(C(=O)N(C)C)n(C7CCCC7)c6n5)c(O)c4)c3o2)CC1. The first-order valence-electron chi connectivity index (χ1n) is 15.0.